The fraction of sp³-hybridized carbons (Fsp3) is 0.667. The van der Waals surface area contributed by atoms with E-state index in [1.165, 1.54) is 12.5 Å². The van der Waals surface area contributed by atoms with E-state index in [0.717, 1.165) is 25.5 Å². The van der Waals surface area contributed by atoms with Gasteiger partial charge in [0.05, 0.1) is 0 Å². The van der Waals surface area contributed by atoms with Gasteiger partial charge in [0.1, 0.15) is 11.6 Å². The van der Waals surface area contributed by atoms with Crippen LogP contribution in [0.5, 0.6) is 0 Å². The minimum atomic E-state index is -0.0873. The highest BCUT2D eigenvalue weighted by Crippen LogP contribution is 2.11. The van der Waals surface area contributed by atoms with Crippen molar-refractivity contribution in [1.82, 2.24) is 15.3 Å². The molecular formula is C12H20N4O. The van der Waals surface area contributed by atoms with Crippen molar-refractivity contribution >= 4 is 5.82 Å². The second kappa shape index (κ2) is 5.31. The van der Waals surface area contributed by atoms with Gasteiger partial charge in [0.25, 0.3) is 5.56 Å². The Kier molecular flexibility index (Phi) is 3.78. The third-order valence-corrected chi connectivity index (χ3v) is 3.04. The second-order valence-electron chi connectivity index (χ2n) is 4.91. The van der Waals surface area contributed by atoms with Crippen LogP contribution < -0.4 is 16.2 Å². The van der Waals surface area contributed by atoms with E-state index in [2.05, 4.69) is 20.6 Å². The molecule has 1 fully saturated rings. The Labute approximate surface area is 101 Å². The normalized spacial score (nSPS) is 19.8. The molecule has 1 aromatic rings. The lowest BCUT2D eigenvalue weighted by atomic mass is 10.1. The highest BCUT2D eigenvalue weighted by molar-refractivity contribution is 5.33. The first kappa shape index (κ1) is 12.1. The van der Waals surface area contributed by atoms with Crippen molar-refractivity contribution in [2.75, 3.05) is 25.0 Å². The topological polar surface area (TPSA) is 69.8 Å². The lowest BCUT2D eigenvalue weighted by molar-refractivity contribution is 0.613. The van der Waals surface area contributed by atoms with Gasteiger partial charge in [-0.1, -0.05) is 13.8 Å². The maximum Gasteiger partial charge on any atom is 0.252 e. The first-order chi connectivity index (χ1) is 8.15. The fourth-order valence-electron chi connectivity index (χ4n) is 1.98. The standard InChI is InChI=1S/C12H20N4O/c1-8(2)12-15-10(5-11(17)16-12)14-7-9-3-4-13-6-9/h5,8-9,13H,3-4,6-7H2,1-2H3,(H2,14,15,16,17). The third-order valence-electron chi connectivity index (χ3n) is 3.04. The van der Waals surface area contributed by atoms with Gasteiger partial charge < -0.3 is 15.6 Å². The minimum Gasteiger partial charge on any atom is -0.370 e. The number of aromatic nitrogens is 2. The maximum absolute atomic E-state index is 11.5. The summed E-state index contributed by atoms with van der Waals surface area (Å²) >= 11 is 0. The Morgan fingerprint density at radius 1 is 1.59 bits per heavy atom. The van der Waals surface area contributed by atoms with Crippen molar-refractivity contribution < 1.29 is 0 Å². The van der Waals surface area contributed by atoms with Crippen LogP contribution in [0.2, 0.25) is 0 Å². The Morgan fingerprint density at radius 2 is 2.41 bits per heavy atom. The Bertz CT molecular complexity index is 421. The number of anilines is 1. The van der Waals surface area contributed by atoms with Crippen LogP contribution in [0.15, 0.2) is 10.9 Å². The second-order valence-corrected chi connectivity index (χ2v) is 4.91. The number of hydrogen-bond donors (Lipinski definition) is 3. The maximum atomic E-state index is 11.5. The summed E-state index contributed by atoms with van der Waals surface area (Å²) in [5.41, 5.74) is -0.0873. The van der Waals surface area contributed by atoms with Gasteiger partial charge in [-0.3, -0.25) is 4.79 Å². The van der Waals surface area contributed by atoms with Gasteiger partial charge in [0.2, 0.25) is 0 Å². The predicted molar refractivity (Wildman–Crippen MR) is 68.4 cm³/mol. The molecule has 3 N–H and O–H groups in total. The molecule has 0 amide bonds. The van der Waals surface area contributed by atoms with Crippen LogP contribution in [0.4, 0.5) is 5.82 Å². The number of hydrogen-bond acceptors (Lipinski definition) is 4. The molecule has 94 valence electrons. The van der Waals surface area contributed by atoms with Gasteiger partial charge in [-0.15, -0.1) is 0 Å². The molecule has 0 radical (unpaired) electrons. The van der Waals surface area contributed by atoms with Crippen molar-refractivity contribution in [2.45, 2.75) is 26.2 Å². The van der Waals surface area contributed by atoms with E-state index in [1.807, 2.05) is 13.8 Å². The first-order valence-electron chi connectivity index (χ1n) is 6.21. The number of rotatable bonds is 4. The van der Waals surface area contributed by atoms with Crippen LogP contribution in [0, 0.1) is 5.92 Å². The molecular weight excluding hydrogens is 216 g/mol. The van der Waals surface area contributed by atoms with Crippen molar-refractivity contribution in [1.29, 1.82) is 0 Å². The number of aromatic amines is 1. The molecule has 17 heavy (non-hydrogen) atoms. The number of nitrogens with one attached hydrogen (secondary N) is 3. The molecule has 0 aromatic carbocycles. The highest BCUT2D eigenvalue weighted by Gasteiger charge is 2.14. The summed E-state index contributed by atoms with van der Waals surface area (Å²) in [5, 5.41) is 6.57. The molecule has 1 aliphatic rings. The van der Waals surface area contributed by atoms with Crippen LogP contribution in [-0.2, 0) is 0 Å². The molecule has 5 heteroatoms. The van der Waals surface area contributed by atoms with Gasteiger partial charge in [0, 0.05) is 18.5 Å². The molecule has 0 bridgehead atoms. The summed E-state index contributed by atoms with van der Waals surface area (Å²) in [4.78, 5) is 18.6. The summed E-state index contributed by atoms with van der Waals surface area (Å²) in [6, 6.07) is 1.52. The van der Waals surface area contributed by atoms with Crippen molar-refractivity contribution in [3.8, 4) is 0 Å². The van der Waals surface area contributed by atoms with Gasteiger partial charge >= 0.3 is 0 Å². The Hall–Kier alpha value is -1.36. The molecule has 1 atom stereocenters. The largest absolute Gasteiger partial charge is 0.370 e. The van der Waals surface area contributed by atoms with Crippen LogP contribution in [0.3, 0.4) is 0 Å². The predicted octanol–water partition coefficient (Wildman–Crippen LogP) is 0.915. The van der Waals surface area contributed by atoms with Crippen LogP contribution >= 0.6 is 0 Å². The monoisotopic (exact) mass is 236 g/mol. The zero-order chi connectivity index (χ0) is 12.3. The molecule has 1 aromatic heterocycles. The average Bonchev–Trinajstić information content (AvgIpc) is 2.78. The summed E-state index contributed by atoms with van der Waals surface area (Å²) in [5.74, 6) is 2.30. The van der Waals surface area contributed by atoms with Crippen LogP contribution in [0.25, 0.3) is 0 Å². The quantitative estimate of drug-likeness (QED) is 0.727. The SMILES string of the molecule is CC(C)c1nc(NCC2CCNC2)cc(=O)[nH]1. The fourth-order valence-corrected chi connectivity index (χ4v) is 1.98. The summed E-state index contributed by atoms with van der Waals surface area (Å²) in [7, 11) is 0. The van der Waals surface area contributed by atoms with E-state index in [4.69, 9.17) is 0 Å². The Morgan fingerprint density at radius 3 is 3.06 bits per heavy atom. The van der Waals surface area contributed by atoms with E-state index < -0.39 is 0 Å². The molecule has 5 nitrogen and oxygen atoms in total. The molecule has 1 saturated heterocycles. The summed E-state index contributed by atoms with van der Waals surface area (Å²) in [6.07, 6.45) is 1.19. The smallest absolute Gasteiger partial charge is 0.252 e. The Balaban J connectivity index is 2.02. The minimum absolute atomic E-state index is 0.0873. The highest BCUT2D eigenvalue weighted by atomic mass is 16.1. The van der Waals surface area contributed by atoms with E-state index >= 15 is 0 Å². The van der Waals surface area contributed by atoms with Crippen molar-refractivity contribution in [3.63, 3.8) is 0 Å². The third kappa shape index (κ3) is 3.30. The first-order valence-corrected chi connectivity index (χ1v) is 6.21. The van der Waals surface area contributed by atoms with E-state index in [-0.39, 0.29) is 11.5 Å². The van der Waals surface area contributed by atoms with Crippen LogP contribution in [-0.4, -0.2) is 29.6 Å². The van der Waals surface area contributed by atoms with Crippen molar-refractivity contribution in [2.24, 2.45) is 5.92 Å². The number of H-pyrrole nitrogens is 1. The molecule has 0 aliphatic carbocycles. The molecule has 1 unspecified atom stereocenters. The van der Waals surface area contributed by atoms with Crippen LogP contribution in [0.1, 0.15) is 32.0 Å². The molecule has 2 rings (SSSR count). The van der Waals surface area contributed by atoms with E-state index in [0.29, 0.717) is 11.7 Å². The molecule has 2 heterocycles. The van der Waals surface area contributed by atoms with Gasteiger partial charge in [0.15, 0.2) is 0 Å². The molecule has 0 saturated carbocycles. The zero-order valence-corrected chi connectivity index (χ0v) is 10.4. The number of nitrogens with zero attached hydrogens (tertiary/aromatic N) is 1. The van der Waals surface area contributed by atoms with E-state index in [9.17, 15) is 4.79 Å². The summed E-state index contributed by atoms with van der Waals surface area (Å²) < 4.78 is 0. The van der Waals surface area contributed by atoms with E-state index in [1.54, 1.807) is 0 Å². The lowest BCUT2D eigenvalue weighted by Crippen LogP contribution is -2.20. The molecule has 0 spiro atoms. The average molecular weight is 236 g/mol. The van der Waals surface area contributed by atoms with Crippen molar-refractivity contribution in [3.05, 3.63) is 22.2 Å². The van der Waals surface area contributed by atoms with Gasteiger partial charge in [-0.2, -0.15) is 0 Å². The summed E-state index contributed by atoms with van der Waals surface area (Å²) in [6.45, 7) is 7.05. The lowest BCUT2D eigenvalue weighted by Gasteiger charge is -2.12. The zero-order valence-electron chi connectivity index (χ0n) is 10.4. The van der Waals surface area contributed by atoms with Gasteiger partial charge in [-0.25, -0.2) is 4.98 Å². The van der Waals surface area contributed by atoms with Gasteiger partial charge in [-0.05, 0) is 25.4 Å². The molecule has 1 aliphatic heterocycles.